The standard InChI is InChI=1S/C12H8Cl2.2C2H4O2.K/c13-11-8-4-7-10(12(11)14)9-5-2-1-3-6-9;2*1-2(3)4;/h1-8H;2*1H3,(H,3,4);/q;;;+1/p-1. The summed E-state index contributed by atoms with van der Waals surface area (Å²) in [4.78, 5) is 17.9. The predicted molar refractivity (Wildman–Crippen MR) is 85.9 cm³/mol. The normalized spacial score (nSPS) is 8.35. The van der Waals surface area contributed by atoms with Crippen molar-refractivity contribution in [2.24, 2.45) is 0 Å². The van der Waals surface area contributed by atoms with E-state index in [0.717, 1.165) is 25.0 Å². The summed E-state index contributed by atoms with van der Waals surface area (Å²) in [5, 5.41) is 17.5. The second-order valence-electron chi connectivity index (χ2n) is 3.98. The molecular weight excluding hydrogens is 366 g/mol. The number of rotatable bonds is 1. The van der Waals surface area contributed by atoms with Gasteiger partial charge in [0.05, 0.1) is 10.0 Å². The maximum absolute atomic E-state index is 9.00. The summed E-state index contributed by atoms with van der Waals surface area (Å²) < 4.78 is 0. The molecule has 0 aromatic heterocycles. The van der Waals surface area contributed by atoms with Gasteiger partial charge in [-0.25, -0.2) is 0 Å². The topological polar surface area (TPSA) is 77.4 Å². The Morgan fingerprint density at radius 3 is 1.83 bits per heavy atom. The summed E-state index contributed by atoms with van der Waals surface area (Å²) in [5.74, 6) is -1.92. The van der Waals surface area contributed by atoms with Gasteiger partial charge in [-0.2, -0.15) is 0 Å². The van der Waals surface area contributed by atoms with Crippen LogP contribution in [0.25, 0.3) is 11.1 Å². The average molecular weight is 381 g/mol. The fourth-order valence-corrected chi connectivity index (χ4v) is 1.75. The van der Waals surface area contributed by atoms with Crippen molar-refractivity contribution in [1.82, 2.24) is 0 Å². The number of benzene rings is 2. The molecule has 0 heterocycles. The van der Waals surface area contributed by atoms with Crippen LogP contribution in [-0.2, 0) is 9.59 Å². The van der Waals surface area contributed by atoms with E-state index in [1.54, 1.807) is 6.07 Å². The van der Waals surface area contributed by atoms with Gasteiger partial charge in [0, 0.05) is 18.5 Å². The van der Waals surface area contributed by atoms with E-state index in [9.17, 15) is 0 Å². The molecule has 23 heavy (non-hydrogen) atoms. The molecule has 0 radical (unpaired) electrons. The Morgan fingerprint density at radius 2 is 1.39 bits per heavy atom. The van der Waals surface area contributed by atoms with Crippen LogP contribution in [0.1, 0.15) is 13.8 Å². The largest absolute Gasteiger partial charge is 1.00 e. The van der Waals surface area contributed by atoms with Crippen molar-refractivity contribution >= 4 is 35.1 Å². The third kappa shape index (κ3) is 12.7. The molecule has 0 unspecified atom stereocenters. The summed E-state index contributed by atoms with van der Waals surface area (Å²) in [6.45, 7) is 2.06. The third-order valence-electron chi connectivity index (χ3n) is 2.04. The number of carbonyl (C=O) groups excluding carboxylic acids is 1. The summed E-state index contributed by atoms with van der Waals surface area (Å²) in [6, 6.07) is 15.6. The van der Waals surface area contributed by atoms with Gasteiger partial charge in [-0.3, -0.25) is 4.79 Å². The molecule has 0 saturated heterocycles. The Hall–Kier alpha value is -0.404. The van der Waals surface area contributed by atoms with E-state index in [0.29, 0.717) is 10.0 Å². The van der Waals surface area contributed by atoms with E-state index in [4.69, 9.17) is 43.0 Å². The maximum Gasteiger partial charge on any atom is 1.00 e. The molecule has 2 aromatic carbocycles. The van der Waals surface area contributed by atoms with E-state index in [1.807, 2.05) is 42.5 Å². The first-order valence-corrected chi connectivity index (χ1v) is 6.87. The van der Waals surface area contributed by atoms with Crippen molar-refractivity contribution in [3.05, 3.63) is 58.6 Å². The number of carbonyl (C=O) groups is 2. The fourth-order valence-electron chi connectivity index (χ4n) is 1.34. The first-order valence-electron chi connectivity index (χ1n) is 6.12. The molecule has 0 bridgehead atoms. The van der Waals surface area contributed by atoms with Crippen LogP contribution in [0.3, 0.4) is 0 Å². The molecule has 2 aromatic rings. The maximum atomic E-state index is 9.00. The fraction of sp³-hybridized carbons (Fsp3) is 0.125. The van der Waals surface area contributed by atoms with Crippen molar-refractivity contribution in [1.29, 1.82) is 0 Å². The SMILES string of the molecule is CC(=O)O.CC(=O)[O-].Clc1cccc(-c2ccccc2)c1Cl.[K+]. The summed E-state index contributed by atoms with van der Waals surface area (Å²) in [6.07, 6.45) is 0. The van der Waals surface area contributed by atoms with Gasteiger partial charge in [0.1, 0.15) is 0 Å². The van der Waals surface area contributed by atoms with Crippen LogP contribution in [0.2, 0.25) is 10.0 Å². The number of halogens is 2. The van der Waals surface area contributed by atoms with Crippen LogP contribution < -0.4 is 56.5 Å². The third-order valence-corrected chi connectivity index (χ3v) is 2.86. The van der Waals surface area contributed by atoms with Crippen LogP contribution in [0.5, 0.6) is 0 Å². The quantitative estimate of drug-likeness (QED) is 0.731. The summed E-state index contributed by atoms with van der Waals surface area (Å²) >= 11 is 12.0. The number of hydrogen-bond donors (Lipinski definition) is 1. The minimum Gasteiger partial charge on any atom is -0.550 e. The number of aliphatic carboxylic acids is 2. The van der Waals surface area contributed by atoms with Crippen molar-refractivity contribution in [3.63, 3.8) is 0 Å². The molecule has 0 saturated carbocycles. The molecule has 0 aliphatic heterocycles. The zero-order valence-electron chi connectivity index (χ0n) is 13.0. The van der Waals surface area contributed by atoms with Gasteiger partial charge >= 0.3 is 51.4 Å². The summed E-state index contributed by atoms with van der Waals surface area (Å²) in [7, 11) is 0. The first kappa shape index (κ1) is 24.8. The Bertz CT molecular complexity index is 599. The Balaban J connectivity index is 0. The minimum atomic E-state index is -1.08. The molecule has 2 rings (SSSR count). The van der Waals surface area contributed by atoms with Crippen LogP contribution >= 0.6 is 23.2 Å². The zero-order valence-corrected chi connectivity index (χ0v) is 17.7. The van der Waals surface area contributed by atoms with Gasteiger partial charge in [0.15, 0.2) is 0 Å². The molecule has 0 spiro atoms. The van der Waals surface area contributed by atoms with Gasteiger partial charge in [0.25, 0.3) is 5.97 Å². The van der Waals surface area contributed by atoms with Crippen molar-refractivity contribution in [3.8, 4) is 11.1 Å². The predicted octanol–water partition coefficient (Wildman–Crippen LogP) is 0.511. The molecular formula is C16H15Cl2KO4. The summed E-state index contributed by atoms with van der Waals surface area (Å²) in [5.41, 5.74) is 2.06. The average Bonchev–Trinajstić information content (AvgIpc) is 2.42. The van der Waals surface area contributed by atoms with E-state index in [-0.39, 0.29) is 51.4 Å². The smallest absolute Gasteiger partial charge is 0.550 e. The van der Waals surface area contributed by atoms with Gasteiger partial charge < -0.3 is 15.0 Å². The molecule has 1 N–H and O–H groups in total. The van der Waals surface area contributed by atoms with E-state index >= 15 is 0 Å². The van der Waals surface area contributed by atoms with Crippen LogP contribution in [-0.4, -0.2) is 17.0 Å². The van der Waals surface area contributed by atoms with Crippen LogP contribution in [0.15, 0.2) is 48.5 Å². The minimum absolute atomic E-state index is 0. The molecule has 0 atom stereocenters. The van der Waals surface area contributed by atoms with E-state index in [1.165, 1.54) is 0 Å². The van der Waals surface area contributed by atoms with Gasteiger partial charge in [-0.05, 0) is 18.6 Å². The van der Waals surface area contributed by atoms with Crippen molar-refractivity contribution < 1.29 is 71.2 Å². The molecule has 4 nitrogen and oxygen atoms in total. The molecule has 0 amide bonds. The Kier molecular flexibility index (Phi) is 15.1. The molecule has 0 aliphatic rings. The number of carboxylic acids is 2. The van der Waals surface area contributed by atoms with Gasteiger partial charge in [-0.1, -0.05) is 65.7 Å². The van der Waals surface area contributed by atoms with E-state index in [2.05, 4.69) is 0 Å². The molecule has 7 heteroatoms. The molecule has 0 fully saturated rings. The molecule has 118 valence electrons. The number of hydrogen-bond acceptors (Lipinski definition) is 3. The van der Waals surface area contributed by atoms with E-state index < -0.39 is 11.9 Å². The Labute approximate surface area is 187 Å². The second kappa shape index (κ2) is 14.0. The zero-order chi connectivity index (χ0) is 17.1. The second-order valence-corrected chi connectivity index (χ2v) is 4.76. The Morgan fingerprint density at radius 1 is 0.957 bits per heavy atom. The van der Waals surface area contributed by atoms with Crippen LogP contribution in [0.4, 0.5) is 0 Å². The molecule has 0 aliphatic carbocycles. The number of carboxylic acid groups (broad SMARTS) is 2. The van der Waals surface area contributed by atoms with Crippen molar-refractivity contribution in [2.45, 2.75) is 13.8 Å². The first-order chi connectivity index (χ1) is 10.3. The van der Waals surface area contributed by atoms with Gasteiger partial charge in [0.2, 0.25) is 0 Å². The van der Waals surface area contributed by atoms with Crippen LogP contribution in [0, 0.1) is 0 Å². The monoisotopic (exact) mass is 380 g/mol. The van der Waals surface area contributed by atoms with Crippen molar-refractivity contribution in [2.75, 3.05) is 0 Å². The van der Waals surface area contributed by atoms with Gasteiger partial charge in [-0.15, -0.1) is 0 Å².